The van der Waals surface area contributed by atoms with Crippen molar-refractivity contribution in [3.8, 4) is 28.5 Å². The first kappa shape index (κ1) is 26.6. The molecule has 0 bridgehead atoms. The minimum atomic E-state index is -1.54. The largest absolute Gasteiger partial charge is 0.493 e. The third kappa shape index (κ3) is 4.83. The van der Waals surface area contributed by atoms with Crippen LogP contribution < -0.4 is 19.9 Å². The fourth-order valence-electron chi connectivity index (χ4n) is 5.05. The lowest BCUT2D eigenvalue weighted by atomic mass is 9.81. The summed E-state index contributed by atoms with van der Waals surface area (Å²) < 4.78 is 30.7. The summed E-state index contributed by atoms with van der Waals surface area (Å²) in [5, 5.41) is 11.6. The number of halogens is 1. The van der Waals surface area contributed by atoms with Gasteiger partial charge in [0.1, 0.15) is 34.9 Å². The summed E-state index contributed by atoms with van der Waals surface area (Å²) in [5.74, 6) is 0.392. The van der Waals surface area contributed by atoms with Crippen molar-refractivity contribution in [1.82, 2.24) is 4.98 Å². The molecule has 2 aliphatic rings. The predicted octanol–water partition coefficient (Wildman–Crippen LogP) is 4.23. The van der Waals surface area contributed by atoms with E-state index in [4.69, 9.17) is 19.9 Å². The number of rotatable bonds is 8. The molecule has 0 saturated heterocycles. The van der Waals surface area contributed by atoms with Crippen LogP contribution in [0, 0.1) is 5.82 Å². The molecule has 0 radical (unpaired) electrons. The number of amides is 1. The highest BCUT2D eigenvalue weighted by molar-refractivity contribution is 5.97. The first-order chi connectivity index (χ1) is 18.5. The van der Waals surface area contributed by atoms with Crippen LogP contribution in [0.4, 0.5) is 4.39 Å². The molecule has 2 atom stereocenters. The smallest absolute Gasteiger partial charge is 0.231 e. The second-order valence-corrected chi connectivity index (χ2v) is 10.5. The first-order valence-electron chi connectivity index (χ1n) is 12.9. The van der Waals surface area contributed by atoms with Crippen LogP contribution in [-0.4, -0.2) is 42.1 Å². The molecule has 0 aliphatic carbocycles. The van der Waals surface area contributed by atoms with Crippen molar-refractivity contribution in [2.75, 3.05) is 20.3 Å². The summed E-state index contributed by atoms with van der Waals surface area (Å²) in [6.07, 6.45) is 1.74. The highest BCUT2D eigenvalue weighted by Gasteiger charge is 2.45. The van der Waals surface area contributed by atoms with Gasteiger partial charge in [0.15, 0.2) is 17.3 Å². The molecule has 3 aromatic rings. The highest BCUT2D eigenvalue weighted by atomic mass is 19.1. The van der Waals surface area contributed by atoms with Gasteiger partial charge in [-0.1, -0.05) is 0 Å². The average molecular weight is 535 g/mol. The average Bonchev–Trinajstić information content (AvgIpc) is 3.29. The molecule has 9 heteroatoms. The third-order valence-corrected chi connectivity index (χ3v) is 7.64. The van der Waals surface area contributed by atoms with E-state index in [9.17, 15) is 19.1 Å². The van der Waals surface area contributed by atoms with Crippen molar-refractivity contribution in [2.24, 2.45) is 5.73 Å². The minimum Gasteiger partial charge on any atom is -0.493 e. The van der Waals surface area contributed by atoms with E-state index < -0.39 is 22.7 Å². The van der Waals surface area contributed by atoms with E-state index in [0.29, 0.717) is 46.2 Å². The van der Waals surface area contributed by atoms with Crippen LogP contribution in [0.5, 0.6) is 17.2 Å². The van der Waals surface area contributed by atoms with Crippen LogP contribution in [0.1, 0.15) is 60.3 Å². The molecule has 0 saturated carbocycles. The molecule has 3 heterocycles. The van der Waals surface area contributed by atoms with Gasteiger partial charge in [-0.2, -0.15) is 0 Å². The second kappa shape index (κ2) is 9.96. The number of Topliss-reactive ketones (excluding diaryl/α,β-unsaturated/α-hetero) is 1. The Kier molecular flexibility index (Phi) is 6.80. The van der Waals surface area contributed by atoms with Crippen molar-refractivity contribution < 1.29 is 33.3 Å². The first-order valence-corrected chi connectivity index (χ1v) is 12.9. The van der Waals surface area contributed by atoms with Crippen LogP contribution in [0.2, 0.25) is 0 Å². The molecule has 2 aliphatic heterocycles. The number of ether oxygens (including phenoxy) is 3. The quantitative estimate of drug-likeness (QED) is 0.415. The second-order valence-electron chi connectivity index (χ2n) is 10.5. The number of carbonyl (C=O) groups is 2. The maximum Gasteiger partial charge on any atom is 0.231 e. The number of benzene rings is 2. The number of nitrogens with two attached hydrogens (primary N) is 1. The monoisotopic (exact) mass is 534 g/mol. The number of aliphatic hydroxyl groups is 1. The van der Waals surface area contributed by atoms with Gasteiger partial charge in [0.05, 0.1) is 19.4 Å². The lowest BCUT2D eigenvalue weighted by Crippen LogP contribution is -2.40. The Morgan fingerprint density at radius 1 is 1.18 bits per heavy atom. The Morgan fingerprint density at radius 2 is 1.92 bits per heavy atom. The summed E-state index contributed by atoms with van der Waals surface area (Å²) in [4.78, 5) is 30.3. The van der Waals surface area contributed by atoms with Crippen LogP contribution in [0.15, 0.2) is 42.5 Å². The molecule has 204 valence electrons. The Hall–Kier alpha value is -3.98. The van der Waals surface area contributed by atoms with E-state index in [2.05, 4.69) is 4.98 Å². The Bertz CT molecular complexity index is 1440. The number of methoxy groups -OCH3 is 1. The molecule has 39 heavy (non-hydrogen) atoms. The number of fused-ring (bicyclic) bond motifs is 2. The number of aryl methyl sites for hydroxylation is 1. The fourth-order valence-corrected chi connectivity index (χ4v) is 5.05. The maximum absolute atomic E-state index is 13.6. The van der Waals surface area contributed by atoms with Gasteiger partial charge in [0.2, 0.25) is 5.91 Å². The van der Waals surface area contributed by atoms with E-state index in [1.165, 1.54) is 19.2 Å². The lowest BCUT2D eigenvalue weighted by Gasteiger charge is -2.26. The minimum absolute atomic E-state index is 0.0154. The SMILES string of the molecule is COc1cc(C(=O)CC[C@](C)(O)c2cc3c(c(-c4ccc(F)cc4)n2)OC[C@]3(C)C(N)=O)cc2c1OCCC2. The van der Waals surface area contributed by atoms with Crippen molar-refractivity contribution >= 4 is 11.7 Å². The van der Waals surface area contributed by atoms with Gasteiger partial charge in [-0.05, 0) is 81.1 Å². The summed E-state index contributed by atoms with van der Waals surface area (Å²) >= 11 is 0. The molecule has 0 spiro atoms. The van der Waals surface area contributed by atoms with Gasteiger partial charge in [-0.3, -0.25) is 9.59 Å². The number of hydrogen-bond donors (Lipinski definition) is 2. The number of carbonyl (C=O) groups excluding carboxylic acids is 2. The van der Waals surface area contributed by atoms with Crippen LogP contribution in [0.3, 0.4) is 0 Å². The molecule has 0 unspecified atom stereocenters. The normalized spacial score (nSPS) is 19.2. The van der Waals surface area contributed by atoms with E-state index in [1.807, 2.05) is 6.07 Å². The van der Waals surface area contributed by atoms with Crippen molar-refractivity contribution in [1.29, 1.82) is 0 Å². The van der Waals surface area contributed by atoms with E-state index in [-0.39, 0.29) is 30.9 Å². The topological polar surface area (TPSA) is 121 Å². The van der Waals surface area contributed by atoms with E-state index in [1.54, 1.807) is 38.1 Å². The fraction of sp³-hybridized carbons (Fsp3) is 0.367. The molecule has 8 nitrogen and oxygen atoms in total. The molecular weight excluding hydrogens is 503 g/mol. The lowest BCUT2D eigenvalue weighted by molar-refractivity contribution is -0.123. The Balaban J connectivity index is 1.47. The van der Waals surface area contributed by atoms with Gasteiger partial charge in [-0.25, -0.2) is 9.37 Å². The standard InChI is InChI=1S/C30H31FN2O6/c1-29(28(32)35)16-39-27-21(29)15-24(33-25(27)17-6-8-20(31)9-7-17)30(2,36)11-10-22(34)19-13-18-5-4-12-38-26(18)23(14-19)37-3/h6-9,13-15,36H,4-5,10-12,16H2,1-3H3,(H2,32,35)/t29-,30-/m0/s1. The summed E-state index contributed by atoms with van der Waals surface area (Å²) in [6.45, 7) is 3.86. The van der Waals surface area contributed by atoms with Gasteiger partial charge in [-0.15, -0.1) is 0 Å². The number of primary amides is 1. The van der Waals surface area contributed by atoms with Crippen molar-refractivity contribution in [2.45, 2.75) is 50.5 Å². The number of pyridine rings is 1. The molecule has 1 amide bonds. The number of aromatic nitrogens is 1. The summed E-state index contributed by atoms with van der Waals surface area (Å²) in [5.41, 5.74) is 6.11. The maximum atomic E-state index is 13.6. The predicted molar refractivity (Wildman–Crippen MR) is 142 cm³/mol. The molecule has 1 aromatic heterocycles. The number of ketones is 1. The van der Waals surface area contributed by atoms with Gasteiger partial charge in [0, 0.05) is 23.1 Å². The molecule has 5 rings (SSSR count). The molecule has 3 N–H and O–H groups in total. The van der Waals surface area contributed by atoms with Gasteiger partial charge in [0.25, 0.3) is 0 Å². The number of nitrogens with zero attached hydrogens (tertiary/aromatic N) is 1. The molecular formula is C30H31FN2O6. The van der Waals surface area contributed by atoms with Crippen LogP contribution in [0.25, 0.3) is 11.3 Å². The van der Waals surface area contributed by atoms with Crippen molar-refractivity contribution in [3.05, 3.63) is 70.7 Å². The zero-order valence-electron chi connectivity index (χ0n) is 22.2. The Labute approximate surface area is 225 Å². The highest BCUT2D eigenvalue weighted by Crippen LogP contribution is 2.46. The zero-order valence-corrected chi connectivity index (χ0v) is 22.2. The van der Waals surface area contributed by atoms with Crippen LogP contribution >= 0.6 is 0 Å². The number of hydrogen-bond acceptors (Lipinski definition) is 7. The van der Waals surface area contributed by atoms with E-state index in [0.717, 1.165) is 18.4 Å². The zero-order chi connectivity index (χ0) is 27.9. The summed E-state index contributed by atoms with van der Waals surface area (Å²) in [6, 6.07) is 10.8. The van der Waals surface area contributed by atoms with Crippen molar-refractivity contribution in [3.63, 3.8) is 0 Å². The van der Waals surface area contributed by atoms with Gasteiger partial charge >= 0.3 is 0 Å². The van der Waals surface area contributed by atoms with Gasteiger partial charge < -0.3 is 25.1 Å². The third-order valence-electron chi connectivity index (χ3n) is 7.64. The summed E-state index contributed by atoms with van der Waals surface area (Å²) in [7, 11) is 1.54. The Morgan fingerprint density at radius 3 is 2.62 bits per heavy atom. The molecule has 2 aromatic carbocycles. The molecule has 0 fully saturated rings. The van der Waals surface area contributed by atoms with Crippen LogP contribution in [-0.2, 0) is 22.2 Å². The van der Waals surface area contributed by atoms with E-state index >= 15 is 0 Å².